The van der Waals surface area contributed by atoms with Gasteiger partial charge in [-0.1, -0.05) is 152 Å². The number of allylic oxidation sites excluding steroid dienone is 8. The first-order chi connectivity index (χ1) is 29.4. The molecule has 0 aliphatic rings. The zero-order chi connectivity index (χ0) is 47.9. The predicted octanol–water partition coefficient (Wildman–Crippen LogP) is 11.3. The molecule has 54 heavy (non-hydrogen) atoms. The number of hydrogen-bond donors (Lipinski definition) is 0. The topological polar surface area (TPSA) is 111 Å². The lowest BCUT2D eigenvalue weighted by molar-refractivity contribution is -0.870. The van der Waals surface area contributed by atoms with Gasteiger partial charge in [0, 0.05) is 25.2 Å². The number of carbonyl (C=O) groups is 2. The van der Waals surface area contributed by atoms with Crippen molar-refractivity contribution in [1.82, 2.24) is 0 Å². The summed E-state index contributed by atoms with van der Waals surface area (Å²) in [7, 11) is 0.943. The van der Waals surface area contributed by atoms with Crippen molar-refractivity contribution in [1.29, 1.82) is 0 Å². The number of phosphoric acid groups is 1. The molecule has 0 aromatic rings. The average molecular weight is 791 g/mol. The summed E-state index contributed by atoms with van der Waals surface area (Å²) in [6.07, 6.45) is 21.8. The number of esters is 2. The third-order valence-corrected chi connectivity index (χ3v) is 9.17. The van der Waals surface area contributed by atoms with Crippen LogP contribution in [0.5, 0.6) is 0 Å². The molecule has 0 amide bonds. The van der Waals surface area contributed by atoms with Crippen molar-refractivity contribution in [3.8, 4) is 0 Å². The Morgan fingerprint density at radius 3 is 1.80 bits per heavy atom. The molecule has 0 rings (SSSR count). The number of likely N-dealkylation sites (N-methyl/N-ethyl adjacent to an activating group) is 1. The molecule has 1 unspecified atom stereocenters. The molecule has 0 spiro atoms. The second-order valence-corrected chi connectivity index (χ2v) is 15.9. The summed E-state index contributed by atoms with van der Waals surface area (Å²) in [5.41, 5.74) is 0. The summed E-state index contributed by atoms with van der Waals surface area (Å²) in [6, 6.07) is 0. The Balaban J connectivity index is 4.62. The van der Waals surface area contributed by atoms with E-state index in [1.54, 1.807) is 0 Å². The molecule has 0 fully saturated rings. The third-order valence-electron chi connectivity index (χ3n) is 8.20. The standard InChI is InChI=1S/C44H80NO8P/c1-6-8-10-12-14-16-18-20-21-22-23-25-27-29-31-33-35-37-44(47)53-42(41-52-54(48,49)51-39-38-45(3,4)5)40-50-43(46)36-34-32-30-28-26-24-19-17-15-13-11-9-7-2/h14,16,20-21,23,25,29,31,42H,6-13,15,17-19,22,24,26-28,30,32-41H2,1-5H3/b16-14-,21-20-,25-23-,31-29-/t42-/m1/s1/i2D3,7D2,9D2,11D2. The van der Waals surface area contributed by atoms with Crippen LogP contribution in [0, 0.1) is 0 Å². The van der Waals surface area contributed by atoms with E-state index in [1.165, 1.54) is 19.3 Å². The van der Waals surface area contributed by atoms with Crippen LogP contribution in [0.4, 0.5) is 0 Å². The highest BCUT2D eigenvalue weighted by Gasteiger charge is 2.21. The highest BCUT2D eigenvalue weighted by Crippen LogP contribution is 2.38. The SMILES string of the molecule is [2H]C([2H])([2H])C([2H])([2H])C([2H])([2H])C([2H])([2H])CCCCCCCCCCCC(=O)OC[C@H](COP(=O)([O-])OCC[N+](C)(C)C)OC(=O)CCC/C=C\C/C=C\C/C=C\C/C=C\CCCCC. The molecule has 0 heterocycles. The first kappa shape index (κ1) is 37.5. The van der Waals surface area contributed by atoms with Crippen LogP contribution in [0.2, 0.25) is 0 Å². The van der Waals surface area contributed by atoms with E-state index in [0.717, 1.165) is 64.2 Å². The van der Waals surface area contributed by atoms with Crippen molar-refractivity contribution in [3.05, 3.63) is 48.6 Å². The number of phosphoric ester groups is 1. The summed E-state index contributed by atoms with van der Waals surface area (Å²) in [4.78, 5) is 37.6. The van der Waals surface area contributed by atoms with Crippen LogP contribution >= 0.6 is 7.82 Å². The summed E-state index contributed by atoms with van der Waals surface area (Å²) in [6.45, 7) is -1.71. The van der Waals surface area contributed by atoms with Gasteiger partial charge in [0.1, 0.15) is 19.8 Å². The second-order valence-electron chi connectivity index (χ2n) is 14.5. The van der Waals surface area contributed by atoms with Gasteiger partial charge in [-0.15, -0.1) is 0 Å². The molecule has 0 saturated carbocycles. The molecule has 314 valence electrons. The van der Waals surface area contributed by atoms with E-state index in [1.807, 2.05) is 33.3 Å². The van der Waals surface area contributed by atoms with E-state index in [2.05, 4.69) is 43.4 Å². The van der Waals surface area contributed by atoms with E-state index in [4.69, 9.17) is 30.9 Å². The molecular weight excluding hydrogens is 701 g/mol. The second kappa shape index (κ2) is 36.6. The minimum absolute atomic E-state index is 0.0850. The first-order valence-corrected chi connectivity index (χ1v) is 21.7. The first-order valence-electron chi connectivity index (χ1n) is 24.7. The van der Waals surface area contributed by atoms with Crippen molar-refractivity contribution < 1.29 is 54.4 Å². The number of rotatable bonds is 38. The van der Waals surface area contributed by atoms with Crippen LogP contribution in [0.3, 0.4) is 0 Å². The summed E-state index contributed by atoms with van der Waals surface area (Å²) in [5, 5.41) is 0. The fraction of sp³-hybridized carbons (Fsp3) is 0.773. The molecule has 0 N–H and O–H groups in total. The zero-order valence-corrected chi connectivity index (χ0v) is 34.9. The van der Waals surface area contributed by atoms with Crippen LogP contribution in [0.1, 0.15) is 180 Å². The van der Waals surface area contributed by atoms with Gasteiger partial charge in [-0.3, -0.25) is 14.2 Å². The van der Waals surface area contributed by atoms with Crippen molar-refractivity contribution in [2.45, 2.75) is 174 Å². The summed E-state index contributed by atoms with van der Waals surface area (Å²) < 4.78 is 103. The Morgan fingerprint density at radius 1 is 0.685 bits per heavy atom. The van der Waals surface area contributed by atoms with E-state index < -0.39 is 58.4 Å². The predicted molar refractivity (Wildman–Crippen MR) is 222 cm³/mol. The molecule has 0 aliphatic heterocycles. The summed E-state index contributed by atoms with van der Waals surface area (Å²) in [5.74, 6) is -1.08. The molecule has 10 heteroatoms. The Bertz CT molecular complexity index is 1420. The maximum absolute atomic E-state index is 12.7. The third kappa shape index (κ3) is 39.7. The molecular formula is C44H80NO8P. The van der Waals surface area contributed by atoms with Gasteiger partial charge in [0.2, 0.25) is 0 Å². The Kier molecular flexibility index (Phi) is 25.4. The van der Waals surface area contributed by atoms with Gasteiger partial charge in [-0.25, -0.2) is 0 Å². The highest BCUT2D eigenvalue weighted by atomic mass is 31.2. The van der Waals surface area contributed by atoms with Crippen LogP contribution in [0.25, 0.3) is 0 Å². The Hall–Kier alpha value is -2.03. The number of unbranched alkanes of at least 4 members (excludes halogenated alkanes) is 12. The molecule has 0 bridgehead atoms. The van der Waals surface area contributed by atoms with E-state index >= 15 is 0 Å². The summed E-state index contributed by atoms with van der Waals surface area (Å²) >= 11 is 0. The van der Waals surface area contributed by atoms with E-state index in [0.29, 0.717) is 43.1 Å². The van der Waals surface area contributed by atoms with Crippen molar-refractivity contribution in [3.63, 3.8) is 0 Å². The van der Waals surface area contributed by atoms with Gasteiger partial charge in [-0.2, -0.15) is 0 Å². The number of ether oxygens (including phenoxy) is 2. The number of hydrogen-bond acceptors (Lipinski definition) is 8. The number of carbonyl (C=O) groups excluding carboxylic acids is 2. The van der Waals surface area contributed by atoms with Gasteiger partial charge in [0.05, 0.1) is 27.7 Å². The Morgan fingerprint density at radius 2 is 1.22 bits per heavy atom. The average Bonchev–Trinajstić information content (AvgIpc) is 3.17. The molecule has 0 aromatic carbocycles. The Labute approximate surface area is 343 Å². The van der Waals surface area contributed by atoms with Gasteiger partial charge >= 0.3 is 11.9 Å². The molecule has 0 radical (unpaired) electrons. The monoisotopic (exact) mass is 791 g/mol. The van der Waals surface area contributed by atoms with Crippen molar-refractivity contribution in [2.75, 3.05) is 47.5 Å². The quantitative estimate of drug-likeness (QED) is 0.0200. The normalized spacial score (nSPS) is 17.6. The van der Waals surface area contributed by atoms with Gasteiger partial charge in [0.15, 0.2) is 6.10 Å². The van der Waals surface area contributed by atoms with Gasteiger partial charge in [-0.05, 0) is 51.4 Å². The molecule has 2 atom stereocenters. The van der Waals surface area contributed by atoms with Crippen molar-refractivity contribution in [2.24, 2.45) is 0 Å². The number of nitrogens with zero attached hydrogens (tertiary/aromatic N) is 1. The number of quaternary nitrogens is 1. The maximum atomic E-state index is 12.7. The van der Waals surface area contributed by atoms with E-state index in [-0.39, 0.29) is 32.5 Å². The molecule has 0 aliphatic carbocycles. The van der Waals surface area contributed by atoms with Crippen molar-refractivity contribution >= 4 is 19.8 Å². The lowest BCUT2D eigenvalue weighted by atomic mass is 10.0. The maximum Gasteiger partial charge on any atom is 0.306 e. The largest absolute Gasteiger partial charge is 0.756 e. The minimum atomic E-state index is -4.71. The molecule has 0 aromatic heterocycles. The fourth-order valence-electron chi connectivity index (χ4n) is 5.01. The van der Waals surface area contributed by atoms with Crippen LogP contribution in [-0.4, -0.2) is 70.0 Å². The van der Waals surface area contributed by atoms with E-state index in [9.17, 15) is 19.0 Å². The van der Waals surface area contributed by atoms with Crippen LogP contribution in [-0.2, 0) is 32.7 Å². The lowest BCUT2D eigenvalue weighted by Gasteiger charge is -2.28. The fourth-order valence-corrected chi connectivity index (χ4v) is 5.74. The molecule has 0 saturated heterocycles. The van der Waals surface area contributed by atoms with Crippen LogP contribution < -0.4 is 4.89 Å². The molecule has 9 nitrogen and oxygen atoms in total. The highest BCUT2D eigenvalue weighted by molar-refractivity contribution is 7.45. The lowest BCUT2D eigenvalue weighted by Crippen LogP contribution is -2.37. The van der Waals surface area contributed by atoms with Crippen LogP contribution in [0.15, 0.2) is 48.6 Å². The zero-order valence-electron chi connectivity index (χ0n) is 43.0. The van der Waals surface area contributed by atoms with Gasteiger partial charge in [0.25, 0.3) is 7.82 Å². The van der Waals surface area contributed by atoms with Gasteiger partial charge < -0.3 is 27.9 Å². The minimum Gasteiger partial charge on any atom is -0.756 e. The smallest absolute Gasteiger partial charge is 0.306 e.